The van der Waals surface area contributed by atoms with Crippen LogP contribution in [0.15, 0.2) is 54.6 Å². The largest absolute Gasteiger partial charge is 0.496 e. The van der Waals surface area contributed by atoms with Gasteiger partial charge in [0.2, 0.25) is 0 Å². The van der Waals surface area contributed by atoms with Gasteiger partial charge in [-0.1, -0.05) is 0 Å². The van der Waals surface area contributed by atoms with Gasteiger partial charge in [0.15, 0.2) is 11.5 Å². The van der Waals surface area contributed by atoms with E-state index in [-0.39, 0.29) is 74.2 Å². The molecular formula is C39H38N2O14. The van der Waals surface area contributed by atoms with E-state index in [2.05, 4.69) is 10.6 Å². The standard InChI is InChI=1S/C39H38N2O14/c1-19-11-23(18-25(36(44)45)31(19)50-3)35(43)41-29-16-21(14-27(33(29)52-5)39(48)55-8)12-20-13-26(38(47)54-7)32(51-4)28(15-20)40-34(42)22-9-10-30(49-2)24(17-22)37(46)53-6/h9-11,13-18H,12H2,1-8H3,(H,40,42)(H,41,43)(H,44,45). The van der Waals surface area contributed by atoms with Crippen molar-refractivity contribution in [3.8, 4) is 23.0 Å². The molecule has 2 amide bonds. The highest BCUT2D eigenvalue weighted by Gasteiger charge is 2.25. The van der Waals surface area contributed by atoms with Gasteiger partial charge in [0, 0.05) is 11.1 Å². The first-order chi connectivity index (χ1) is 26.2. The number of rotatable bonds is 14. The molecule has 16 heteroatoms. The molecule has 0 unspecified atom stereocenters. The van der Waals surface area contributed by atoms with Crippen LogP contribution in [-0.2, 0) is 20.6 Å². The minimum Gasteiger partial charge on any atom is -0.496 e. The second kappa shape index (κ2) is 17.6. The Labute approximate surface area is 315 Å². The van der Waals surface area contributed by atoms with E-state index in [1.165, 1.54) is 91.2 Å². The van der Waals surface area contributed by atoms with Crippen molar-refractivity contribution < 1.29 is 67.0 Å². The fraction of sp³-hybridized carbons (Fsp3) is 0.231. The molecule has 0 fully saturated rings. The van der Waals surface area contributed by atoms with E-state index in [4.69, 9.17) is 33.2 Å². The molecule has 4 rings (SSSR count). The van der Waals surface area contributed by atoms with Crippen molar-refractivity contribution in [2.24, 2.45) is 0 Å². The zero-order chi connectivity index (χ0) is 40.6. The first kappa shape index (κ1) is 40.7. The van der Waals surface area contributed by atoms with Crippen molar-refractivity contribution in [1.29, 1.82) is 0 Å². The summed E-state index contributed by atoms with van der Waals surface area (Å²) >= 11 is 0. The lowest BCUT2D eigenvalue weighted by Crippen LogP contribution is -2.17. The molecule has 4 aromatic carbocycles. The van der Waals surface area contributed by atoms with Gasteiger partial charge >= 0.3 is 23.9 Å². The van der Waals surface area contributed by atoms with E-state index in [1.807, 2.05) is 0 Å². The molecule has 0 aliphatic carbocycles. The number of amides is 2. The molecule has 0 atom stereocenters. The molecule has 0 spiro atoms. The van der Waals surface area contributed by atoms with Crippen LogP contribution in [0.5, 0.6) is 23.0 Å². The molecule has 4 aromatic rings. The molecule has 0 heterocycles. The van der Waals surface area contributed by atoms with Crippen molar-refractivity contribution in [2.75, 3.05) is 60.4 Å². The Morgan fingerprint density at radius 1 is 0.527 bits per heavy atom. The number of nitrogens with one attached hydrogen (secondary N) is 2. The van der Waals surface area contributed by atoms with Crippen molar-refractivity contribution >= 4 is 47.1 Å². The van der Waals surface area contributed by atoms with Crippen LogP contribution in [0.4, 0.5) is 11.4 Å². The highest BCUT2D eigenvalue weighted by Crippen LogP contribution is 2.36. The van der Waals surface area contributed by atoms with E-state index in [0.29, 0.717) is 16.7 Å². The average molecular weight is 759 g/mol. The Bertz CT molecular complexity index is 2190. The summed E-state index contributed by atoms with van der Waals surface area (Å²) in [6.07, 6.45) is -0.00640. The van der Waals surface area contributed by atoms with Gasteiger partial charge in [0.25, 0.3) is 11.8 Å². The number of ether oxygens (including phenoxy) is 7. The minimum atomic E-state index is -1.31. The number of methoxy groups -OCH3 is 7. The molecule has 0 saturated heterocycles. The molecule has 55 heavy (non-hydrogen) atoms. The van der Waals surface area contributed by atoms with Crippen molar-refractivity contribution in [1.82, 2.24) is 0 Å². The summed E-state index contributed by atoms with van der Waals surface area (Å²) in [6, 6.07) is 12.7. The van der Waals surface area contributed by atoms with Gasteiger partial charge in [-0.05, 0) is 84.6 Å². The number of carbonyl (C=O) groups is 6. The Balaban J connectivity index is 1.82. The monoisotopic (exact) mass is 758 g/mol. The van der Waals surface area contributed by atoms with Gasteiger partial charge in [-0.2, -0.15) is 0 Å². The van der Waals surface area contributed by atoms with E-state index in [1.54, 1.807) is 6.92 Å². The minimum absolute atomic E-state index is 0.00174. The number of hydrogen-bond donors (Lipinski definition) is 3. The summed E-state index contributed by atoms with van der Waals surface area (Å²) in [4.78, 5) is 77.4. The van der Waals surface area contributed by atoms with Gasteiger partial charge in [0.05, 0.1) is 61.1 Å². The highest BCUT2D eigenvalue weighted by molar-refractivity contribution is 6.09. The molecule has 3 N–H and O–H groups in total. The predicted octanol–water partition coefficient (Wildman–Crippen LogP) is 5.18. The lowest BCUT2D eigenvalue weighted by molar-refractivity contribution is 0.0587. The number of benzene rings is 4. The highest BCUT2D eigenvalue weighted by atomic mass is 16.5. The first-order valence-corrected chi connectivity index (χ1v) is 16.1. The number of aryl methyl sites for hydroxylation is 1. The quantitative estimate of drug-likeness (QED) is 0.112. The normalized spacial score (nSPS) is 10.4. The Morgan fingerprint density at radius 2 is 0.982 bits per heavy atom. The maximum Gasteiger partial charge on any atom is 0.341 e. The Morgan fingerprint density at radius 3 is 1.42 bits per heavy atom. The van der Waals surface area contributed by atoms with Crippen LogP contribution in [0.3, 0.4) is 0 Å². The number of carboxylic acid groups (broad SMARTS) is 1. The zero-order valence-electron chi connectivity index (χ0n) is 31.2. The molecule has 16 nitrogen and oxygen atoms in total. The third-order valence-corrected chi connectivity index (χ3v) is 8.26. The molecule has 0 bridgehead atoms. The number of carboxylic acids is 1. The maximum atomic E-state index is 13.6. The van der Waals surface area contributed by atoms with Crippen molar-refractivity contribution in [2.45, 2.75) is 13.3 Å². The summed E-state index contributed by atoms with van der Waals surface area (Å²) in [7, 11) is 8.78. The Kier molecular flexibility index (Phi) is 13.0. The first-order valence-electron chi connectivity index (χ1n) is 16.1. The zero-order valence-corrected chi connectivity index (χ0v) is 31.2. The molecule has 0 saturated carbocycles. The van der Waals surface area contributed by atoms with Crippen molar-refractivity contribution in [3.05, 3.63) is 105 Å². The molecule has 0 aliphatic rings. The smallest absolute Gasteiger partial charge is 0.341 e. The fourth-order valence-corrected chi connectivity index (χ4v) is 5.81. The summed E-state index contributed by atoms with van der Waals surface area (Å²) in [6.45, 7) is 1.59. The average Bonchev–Trinajstić information content (AvgIpc) is 3.18. The predicted molar refractivity (Wildman–Crippen MR) is 196 cm³/mol. The number of aromatic carboxylic acids is 1. The van der Waals surface area contributed by atoms with Crippen LogP contribution in [0.1, 0.15) is 78.8 Å². The topological polar surface area (TPSA) is 211 Å². The van der Waals surface area contributed by atoms with E-state index < -0.39 is 35.7 Å². The third kappa shape index (κ3) is 8.76. The number of anilines is 2. The van der Waals surface area contributed by atoms with Crippen LogP contribution < -0.4 is 29.6 Å². The van der Waals surface area contributed by atoms with Crippen LogP contribution in [0, 0.1) is 6.92 Å². The van der Waals surface area contributed by atoms with E-state index in [0.717, 1.165) is 13.2 Å². The second-order valence-corrected chi connectivity index (χ2v) is 11.6. The van der Waals surface area contributed by atoms with Crippen LogP contribution >= 0.6 is 0 Å². The number of carbonyl (C=O) groups excluding carboxylic acids is 5. The summed E-state index contributed by atoms with van der Waals surface area (Å²) in [5.74, 6) is -4.84. The molecule has 0 radical (unpaired) electrons. The van der Waals surface area contributed by atoms with Crippen LogP contribution in [0.2, 0.25) is 0 Å². The fourth-order valence-electron chi connectivity index (χ4n) is 5.81. The number of hydrogen-bond acceptors (Lipinski definition) is 13. The summed E-state index contributed by atoms with van der Waals surface area (Å²) in [5, 5.41) is 15.1. The molecule has 0 aromatic heterocycles. The number of esters is 3. The van der Waals surface area contributed by atoms with Crippen LogP contribution in [0.25, 0.3) is 0 Å². The summed E-state index contributed by atoms with van der Waals surface area (Å²) in [5.41, 5.74) is 0.987. The van der Waals surface area contributed by atoms with E-state index >= 15 is 0 Å². The van der Waals surface area contributed by atoms with Crippen LogP contribution in [-0.4, -0.2) is 90.6 Å². The molecule has 0 aliphatic heterocycles. The van der Waals surface area contributed by atoms with Gasteiger partial charge in [-0.15, -0.1) is 0 Å². The van der Waals surface area contributed by atoms with Gasteiger partial charge in [-0.25, -0.2) is 19.2 Å². The van der Waals surface area contributed by atoms with E-state index in [9.17, 15) is 33.9 Å². The van der Waals surface area contributed by atoms with Crippen molar-refractivity contribution in [3.63, 3.8) is 0 Å². The Hall–Kier alpha value is -7.10. The SMILES string of the molecule is COC(=O)c1cc(C(=O)Nc2cc(Cc3cc(NC(=O)c4cc(C)c(OC)c(C(=O)O)c4)c(OC)c(C(=O)OC)c3)cc(C(=O)OC)c2OC)ccc1OC. The van der Waals surface area contributed by atoms with Gasteiger partial charge < -0.3 is 48.9 Å². The van der Waals surface area contributed by atoms with Gasteiger partial charge in [-0.3, -0.25) is 9.59 Å². The van der Waals surface area contributed by atoms with Gasteiger partial charge in [0.1, 0.15) is 33.8 Å². The molecular weight excluding hydrogens is 720 g/mol. The maximum absolute atomic E-state index is 13.6. The lowest BCUT2D eigenvalue weighted by Gasteiger charge is -2.18. The summed E-state index contributed by atoms with van der Waals surface area (Å²) < 4.78 is 36.3. The third-order valence-electron chi connectivity index (χ3n) is 8.26. The molecule has 288 valence electrons. The second-order valence-electron chi connectivity index (χ2n) is 11.6. The lowest BCUT2D eigenvalue weighted by atomic mass is 9.97.